The number of alkyl halides is 3. The number of hydrogen-bond donors (Lipinski definition) is 0. The third kappa shape index (κ3) is 4.25. The van der Waals surface area contributed by atoms with Crippen LogP contribution in [0.3, 0.4) is 0 Å². The Hall–Kier alpha value is -2.05. The molecule has 0 aromatic carbocycles. The van der Waals surface area contributed by atoms with Gasteiger partial charge in [0.15, 0.2) is 0 Å². The van der Waals surface area contributed by atoms with Gasteiger partial charge in [-0.15, -0.1) is 0 Å². The van der Waals surface area contributed by atoms with Crippen LogP contribution >= 0.6 is 0 Å². The number of carbonyl (C=O) groups excluding carboxylic acids is 1. The summed E-state index contributed by atoms with van der Waals surface area (Å²) in [7, 11) is 3.41. The second-order valence-corrected chi connectivity index (χ2v) is 4.13. The van der Waals surface area contributed by atoms with Crippen LogP contribution < -0.4 is 0 Å². The quantitative estimate of drug-likeness (QED) is 0.799. The first-order chi connectivity index (χ1) is 9.25. The summed E-state index contributed by atoms with van der Waals surface area (Å²) in [6.07, 6.45) is -1.72. The molecular weight excluding hydrogens is 273 g/mol. The summed E-state index contributed by atoms with van der Waals surface area (Å²) in [4.78, 5) is 16.8. The van der Waals surface area contributed by atoms with Gasteiger partial charge in [-0.1, -0.05) is 0 Å². The molecule has 0 saturated heterocycles. The fourth-order valence-electron chi connectivity index (χ4n) is 1.36. The van der Waals surface area contributed by atoms with Gasteiger partial charge in [-0.3, -0.25) is 0 Å². The summed E-state index contributed by atoms with van der Waals surface area (Å²) in [5.74, 6) is -0.702. The second-order valence-electron chi connectivity index (χ2n) is 4.13. The van der Waals surface area contributed by atoms with Crippen LogP contribution in [0.1, 0.15) is 28.7 Å². The summed E-state index contributed by atoms with van der Waals surface area (Å²) in [6.45, 7) is 1.75. The summed E-state index contributed by atoms with van der Waals surface area (Å²) < 4.78 is 42.7. The highest BCUT2D eigenvalue weighted by atomic mass is 19.4. The smallest absolute Gasteiger partial charge is 0.433 e. The molecule has 0 unspecified atom stereocenters. The fraction of sp³-hybridized carbons (Fsp3) is 0.385. The van der Waals surface area contributed by atoms with Crippen molar-refractivity contribution >= 4 is 12.0 Å². The minimum absolute atomic E-state index is 0.00190. The van der Waals surface area contributed by atoms with E-state index < -0.39 is 17.8 Å². The van der Waals surface area contributed by atoms with Gasteiger partial charge in [0, 0.05) is 20.3 Å². The zero-order chi connectivity index (χ0) is 15.3. The molecule has 0 saturated carbocycles. The van der Waals surface area contributed by atoms with Gasteiger partial charge >= 0.3 is 12.1 Å². The highest BCUT2D eigenvalue weighted by Crippen LogP contribution is 2.28. The second kappa shape index (κ2) is 6.40. The zero-order valence-corrected chi connectivity index (χ0v) is 11.4. The number of esters is 1. The lowest BCUT2D eigenvalue weighted by Crippen LogP contribution is -2.13. The number of rotatable bonds is 4. The van der Waals surface area contributed by atoms with E-state index in [1.165, 1.54) is 12.3 Å². The van der Waals surface area contributed by atoms with Crippen LogP contribution in [-0.2, 0) is 10.9 Å². The molecule has 0 N–H and O–H groups in total. The molecule has 4 nitrogen and oxygen atoms in total. The number of hydrogen-bond acceptors (Lipinski definition) is 4. The summed E-state index contributed by atoms with van der Waals surface area (Å²) in [6, 6.07) is 1.84. The molecule has 0 aliphatic heterocycles. The van der Waals surface area contributed by atoms with Crippen LogP contribution in [0.4, 0.5) is 13.2 Å². The average molecular weight is 288 g/mol. The summed E-state index contributed by atoms with van der Waals surface area (Å²) in [5, 5.41) is 0. The zero-order valence-electron chi connectivity index (χ0n) is 11.4. The molecule has 0 aliphatic carbocycles. The van der Waals surface area contributed by atoms with Crippen molar-refractivity contribution in [2.45, 2.75) is 13.1 Å². The van der Waals surface area contributed by atoms with Crippen molar-refractivity contribution in [1.29, 1.82) is 0 Å². The monoisotopic (exact) mass is 288 g/mol. The summed E-state index contributed by atoms with van der Waals surface area (Å²) in [5.41, 5.74) is -1.13. The van der Waals surface area contributed by atoms with E-state index in [0.717, 1.165) is 12.1 Å². The van der Waals surface area contributed by atoms with Gasteiger partial charge in [0.1, 0.15) is 5.69 Å². The number of ether oxygens (including phenoxy) is 1. The van der Waals surface area contributed by atoms with Crippen LogP contribution in [0, 0.1) is 0 Å². The number of aromatic nitrogens is 1. The Morgan fingerprint density at radius 1 is 1.40 bits per heavy atom. The maximum Gasteiger partial charge on any atom is 0.433 e. The van der Waals surface area contributed by atoms with Gasteiger partial charge in [0.05, 0.1) is 17.9 Å². The Balaban J connectivity index is 3.27. The summed E-state index contributed by atoms with van der Waals surface area (Å²) >= 11 is 0. The Kier molecular flexibility index (Phi) is 5.12. The average Bonchev–Trinajstić information content (AvgIpc) is 2.35. The number of halogens is 3. The van der Waals surface area contributed by atoms with Crippen LogP contribution in [0.25, 0.3) is 6.08 Å². The number of nitrogens with zero attached hydrogens (tertiary/aromatic N) is 2. The topological polar surface area (TPSA) is 42.4 Å². The van der Waals surface area contributed by atoms with E-state index in [1.807, 2.05) is 0 Å². The first-order valence-corrected chi connectivity index (χ1v) is 5.85. The minimum atomic E-state index is -4.56. The van der Waals surface area contributed by atoms with Gasteiger partial charge in [0.2, 0.25) is 0 Å². The van der Waals surface area contributed by atoms with Crippen molar-refractivity contribution < 1.29 is 22.7 Å². The van der Waals surface area contributed by atoms with Crippen molar-refractivity contribution in [3.05, 3.63) is 35.3 Å². The van der Waals surface area contributed by atoms with E-state index >= 15 is 0 Å². The molecule has 0 radical (unpaired) electrons. The van der Waals surface area contributed by atoms with Crippen LogP contribution in [-0.4, -0.2) is 36.6 Å². The molecule has 0 amide bonds. The van der Waals surface area contributed by atoms with Crippen LogP contribution in [0.5, 0.6) is 0 Å². The number of pyridine rings is 1. The fourth-order valence-corrected chi connectivity index (χ4v) is 1.36. The highest BCUT2D eigenvalue weighted by molar-refractivity contribution is 5.92. The third-order valence-corrected chi connectivity index (χ3v) is 2.24. The molecule has 1 aromatic heterocycles. The molecule has 0 spiro atoms. The molecular formula is C13H15F3N2O2. The Labute approximate surface area is 114 Å². The van der Waals surface area contributed by atoms with E-state index in [0.29, 0.717) is 0 Å². The van der Waals surface area contributed by atoms with Gasteiger partial charge in [-0.25, -0.2) is 9.78 Å². The van der Waals surface area contributed by atoms with Gasteiger partial charge < -0.3 is 9.64 Å². The number of carbonyl (C=O) groups is 1. The molecule has 110 valence electrons. The molecule has 7 heteroatoms. The maximum absolute atomic E-state index is 12.6. The molecule has 1 aromatic rings. The largest absolute Gasteiger partial charge is 0.462 e. The SMILES string of the molecule is CCOC(=O)c1ccc(C(F)(F)F)nc1C=CN(C)C. The predicted octanol–water partition coefficient (Wildman–Crippen LogP) is 2.81. The van der Waals surface area contributed by atoms with Crippen molar-refractivity contribution in [1.82, 2.24) is 9.88 Å². The molecule has 0 bridgehead atoms. The lowest BCUT2D eigenvalue weighted by molar-refractivity contribution is -0.141. The molecule has 1 rings (SSSR count). The Morgan fingerprint density at radius 3 is 2.55 bits per heavy atom. The first kappa shape index (κ1) is 16.0. The molecule has 0 fully saturated rings. The van der Waals surface area contributed by atoms with E-state index in [4.69, 9.17) is 4.74 Å². The van der Waals surface area contributed by atoms with Gasteiger partial charge in [0.25, 0.3) is 0 Å². The molecule has 1 heterocycles. The maximum atomic E-state index is 12.6. The first-order valence-electron chi connectivity index (χ1n) is 5.85. The molecule has 0 atom stereocenters. The van der Waals surface area contributed by atoms with E-state index in [2.05, 4.69) is 4.98 Å². The Morgan fingerprint density at radius 2 is 2.05 bits per heavy atom. The van der Waals surface area contributed by atoms with Crippen molar-refractivity contribution in [2.75, 3.05) is 20.7 Å². The van der Waals surface area contributed by atoms with E-state index in [-0.39, 0.29) is 17.9 Å². The van der Waals surface area contributed by atoms with Gasteiger partial charge in [-0.05, 0) is 25.1 Å². The van der Waals surface area contributed by atoms with Gasteiger partial charge in [-0.2, -0.15) is 13.2 Å². The van der Waals surface area contributed by atoms with Crippen molar-refractivity contribution in [3.8, 4) is 0 Å². The highest BCUT2D eigenvalue weighted by Gasteiger charge is 2.33. The lowest BCUT2D eigenvalue weighted by atomic mass is 10.1. The van der Waals surface area contributed by atoms with Crippen molar-refractivity contribution in [2.24, 2.45) is 0 Å². The standard InChI is InChI=1S/C13H15F3N2O2/c1-4-20-12(19)9-5-6-11(13(14,15)16)17-10(9)7-8-18(2)3/h5-8H,4H2,1-3H3. The van der Waals surface area contributed by atoms with Crippen LogP contribution in [0.15, 0.2) is 18.3 Å². The normalized spacial score (nSPS) is 11.7. The Bertz CT molecular complexity index is 511. The van der Waals surface area contributed by atoms with Crippen molar-refractivity contribution in [3.63, 3.8) is 0 Å². The molecule has 20 heavy (non-hydrogen) atoms. The predicted molar refractivity (Wildman–Crippen MR) is 67.9 cm³/mol. The van der Waals surface area contributed by atoms with E-state index in [1.54, 1.807) is 25.9 Å². The van der Waals surface area contributed by atoms with E-state index in [9.17, 15) is 18.0 Å². The lowest BCUT2D eigenvalue weighted by Gasteiger charge is -2.10. The minimum Gasteiger partial charge on any atom is -0.462 e. The third-order valence-electron chi connectivity index (χ3n) is 2.24. The molecule has 0 aliphatic rings. The van der Waals surface area contributed by atoms with Crippen LogP contribution in [0.2, 0.25) is 0 Å².